The molecule has 0 aromatic carbocycles. The molecule has 0 radical (unpaired) electrons. The fraction of sp³-hybridized carbons (Fsp3) is 0. The Bertz CT molecular complexity index is 363. The summed E-state index contributed by atoms with van der Waals surface area (Å²) < 4.78 is 5.31. The summed E-state index contributed by atoms with van der Waals surface area (Å²) in [5, 5.41) is 1.67. The Labute approximate surface area is 109 Å². The van der Waals surface area contributed by atoms with Gasteiger partial charge in [0.2, 0.25) is 0 Å². The van der Waals surface area contributed by atoms with Crippen LogP contribution in [0.5, 0.6) is 0 Å². The lowest BCUT2D eigenvalue weighted by atomic mass is 10.5. The predicted octanol–water partition coefficient (Wildman–Crippen LogP) is 3.63. The molecule has 0 N–H and O–H groups in total. The van der Waals surface area contributed by atoms with Crippen LogP contribution in [0.4, 0.5) is 0 Å². The largest absolute Gasteiger partial charge is 0.248 e. The molecular weight excluding hydrogens is 264 g/mol. The fourth-order valence-corrected chi connectivity index (χ4v) is 2.05. The highest BCUT2D eigenvalue weighted by molar-refractivity contribution is 8.07. The summed E-state index contributed by atoms with van der Waals surface area (Å²) in [6, 6.07) is 11.4. The summed E-state index contributed by atoms with van der Waals surface area (Å²) in [6.07, 6.45) is 3.47. The van der Waals surface area contributed by atoms with Crippen molar-refractivity contribution in [2.45, 2.75) is 10.1 Å². The zero-order valence-electron chi connectivity index (χ0n) is 8.15. The van der Waals surface area contributed by atoms with Crippen LogP contribution in [-0.4, -0.2) is 9.97 Å². The minimum Gasteiger partial charge on any atom is -0.248 e. The Morgan fingerprint density at radius 1 is 0.812 bits per heavy atom. The van der Waals surface area contributed by atoms with Crippen LogP contribution in [0.3, 0.4) is 0 Å². The molecule has 0 saturated carbocycles. The van der Waals surface area contributed by atoms with Crippen molar-refractivity contribution in [2.75, 3.05) is 0 Å². The standard InChI is InChI=1S/C10H8N2OS2.ClH/c1-3-7-11-9(5-1)14-13-15-10-6-2-4-8-12-10;/h1-8H;1H. The van der Waals surface area contributed by atoms with Gasteiger partial charge in [0.15, 0.2) is 0 Å². The monoisotopic (exact) mass is 272 g/mol. The van der Waals surface area contributed by atoms with E-state index in [1.165, 1.54) is 24.1 Å². The summed E-state index contributed by atoms with van der Waals surface area (Å²) >= 11 is 2.45. The second-order valence-corrected chi connectivity index (χ2v) is 4.28. The normalized spacial score (nSPS) is 9.50. The smallest absolute Gasteiger partial charge is 0.125 e. The molecular formula is C10H9ClN2OS2. The van der Waals surface area contributed by atoms with Gasteiger partial charge in [0.1, 0.15) is 10.1 Å². The average molecular weight is 273 g/mol. The first-order valence-electron chi connectivity index (χ1n) is 4.28. The highest BCUT2D eigenvalue weighted by atomic mass is 35.5. The molecule has 0 bridgehead atoms. The van der Waals surface area contributed by atoms with E-state index in [1.54, 1.807) is 12.4 Å². The maximum atomic E-state index is 5.31. The van der Waals surface area contributed by atoms with Crippen molar-refractivity contribution >= 4 is 36.5 Å². The van der Waals surface area contributed by atoms with Gasteiger partial charge in [-0.2, -0.15) is 0 Å². The van der Waals surface area contributed by atoms with Crippen molar-refractivity contribution in [2.24, 2.45) is 0 Å². The van der Waals surface area contributed by atoms with E-state index in [1.807, 2.05) is 36.4 Å². The van der Waals surface area contributed by atoms with Crippen molar-refractivity contribution in [3.05, 3.63) is 48.8 Å². The molecule has 3 nitrogen and oxygen atoms in total. The predicted molar refractivity (Wildman–Crippen MR) is 68.5 cm³/mol. The molecule has 0 saturated heterocycles. The molecule has 2 aromatic heterocycles. The van der Waals surface area contributed by atoms with Gasteiger partial charge in [0.25, 0.3) is 0 Å². The van der Waals surface area contributed by atoms with Gasteiger partial charge in [-0.15, -0.1) is 12.4 Å². The van der Waals surface area contributed by atoms with Gasteiger partial charge in [-0.1, -0.05) is 12.1 Å². The van der Waals surface area contributed by atoms with E-state index in [9.17, 15) is 0 Å². The zero-order valence-corrected chi connectivity index (χ0v) is 10.6. The molecule has 0 aliphatic heterocycles. The average Bonchev–Trinajstić information content (AvgIpc) is 2.32. The molecule has 0 unspecified atom stereocenters. The van der Waals surface area contributed by atoms with Crippen LogP contribution in [0.15, 0.2) is 58.8 Å². The Hall–Kier alpha value is -0.750. The number of hydrogen-bond acceptors (Lipinski definition) is 5. The van der Waals surface area contributed by atoms with Crippen molar-refractivity contribution in [3.8, 4) is 0 Å². The van der Waals surface area contributed by atoms with Crippen LogP contribution < -0.4 is 0 Å². The first-order valence-corrected chi connectivity index (χ1v) is 5.77. The highest BCUT2D eigenvalue weighted by Gasteiger charge is 1.98. The second kappa shape index (κ2) is 7.51. The molecule has 6 heteroatoms. The second-order valence-electron chi connectivity index (χ2n) is 2.57. The molecule has 0 aliphatic carbocycles. The van der Waals surface area contributed by atoms with Crippen LogP contribution in [0.2, 0.25) is 0 Å². The summed E-state index contributed by atoms with van der Waals surface area (Å²) in [5.41, 5.74) is 0. The van der Waals surface area contributed by atoms with E-state index < -0.39 is 0 Å². The molecule has 0 amide bonds. The quantitative estimate of drug-likeness (QED) is 0.794. The number of rotatable bonds is 4. The molecule has 16 heavy (non-hydrogen) atoms. The van der Waals surface area contributed by atoms with E-state index in [4.69, 9.17) is 3.63 Å². The molecule has 0 spiro atoms. The Morgan fingerprint density at radius 2 is 1.31 bits per heavy atom. The van der Waals surface area contributed by atoms with Crippen LogP contribution in [0, 0.1) is 0 Å². The molecule has 84 valence electrons. The topological polar surface area (TPSA) is 35.0 Å². The van der Waals surface area contributed by atoms with Gasteiger partial charge in [0, 0.05) is 12.4 Å². The summed E-state index contributed by atoms with van der Waals surface area (Å²) in [7, 11) is 0. The molecule has 0 fully saturated rings. The maximum absolute atomic E-state index is 5.31. The van der Waals surface area contributed by atoms with E-state index in [2.05, 4.69) is 9.97 Å². The number of hydrogen-bond donors (Lipinski definition) is 0. The minimum atomic E-state index is 0. The molecule has 0 atom stereocenters. The number of pyridine rings is 2. The first-order chi connectivity index (χ1) is 7.45. The van der Waals surface area contributed by atoms with Gasteiger partial charge in [-0.05, 0) is 24.3 Å². The van der Waals surface area contributed by atoms with Gasteiger partial charge in [0.05, 0.1) is 24.1 Å². The van der Waals surface area contributed by atoms with Crippen LogP contribution >= 0.6 is 36.5 Å². The Kier molecular flexibility index (Phi) is 6.25. The van der Waals surface area contributed by atoms with Crippen molar-refractivity contribution in [1.82, 2.24) is 9.97 Å². The number of nitrogens with zero attached hydrogens (tertiary/aromatic N) is 2. The third-order valence-electron chi connectivity index (χ3n) is 1.51. The van der Waals surface area contributed by atoms with Crippen LogP contribution in [0.1, 0.15) is 0 Å². The first kappa shape index (κ1) is 13.3. The zero-order chi connectivity index (χ0) is 10.3. The Morgan fingerprint density at radius 3 is 1.69 bits per heavy atom. The van der Waals surface area contributed by atoms with Gasteiger partial charge < -0.3 is 0 Å². The summed E-state index contributed by atoms with van der Waals surface area (Å²) in [6.45, 7) is 0. The van der Waals surface area contributed by atoms with Crippen molar-refractivity contribution in [1.29, 1.82) is 0 Å². The SMILES string of the molecule is Cl.c1ccc(SOSc2ccccn2)nc1. The summed E-state index contributed by atoms with van der Waals surface area (Å²) in [4.78, 5) is 8.23. The number of halogens is 1. The third-order valence-corrected chi connectivity index (χ3v) is 2.88. The maximum Gasteiger partial charge on any atom is 0.125 e. The minimum absolute atomic E-state index is 0. The van der Waals surface area contributed by atoms with E-state index in [0.717, 1.165) is 10.1 Å². The molecule has 2 heterocycles. The summed E-state index contributed by atoms with van der Waals surface area (Å²) in [5.74, 6) is 0. The van der Waals surface area contributed by atoms with E-state index >= 15 is 0 Å². The van der Waals surface area contributed by atoms with E-state index in [-0.39, 0.29) is 12.4 Å². The Balaban J connectivity index is 0.00000128. The van der Waals surface area contributed by atoms with Gasteiger partial charge in [-0.25, -0.2) is 13.6 Å². The number of aromatic nitrogens is 2. The van der Waals surface area contributed by atoms with Crippen molar-refractivity contribution in [3.63, 3.8) is 0 Å². The van der Waals surface area contributed by atoms with E-state index in [0.29, 0.717) is 0 Å². The van der Waals surface area contributed by atoms with Gasteiger partial charge in [-0.3, -0.25) is 0 Å². The lowest BCUT2D eigenvalue weighted by molar-refractivity contribution is 0.746. The van der Waals surface area contributed by atoms with Gasteiger partial charge >= 0.3 is 0 Å². The van der Waals surface area contributed by atoms with Crippen LogP contribution in [-0.2, 0) is 3.63 Å². The fourth-order valence-electron chi connectivity index (χ4n) is 0.879. The molecule has 2 aromatic rings. The lowest BCUT2D eigenvalue weighted by Gasteiger charge is -1.98. The third kappa shape index (κ3) is 4.40. The highest BCUT2D eigenvalue weighted by Crippen LogP contribution is 2.26. The molecule has 2 rings (SSSR count). The molecule has 0 aliphatic rings. The lowest BCUT2D eigenvalue weighted by Crippen LogP contribution is -1.78. The van der Waals surface area contributed by atoms with Crippen LogP contribution in [0.25, 0.3) is 0 Å². The van der Waals surface area contributed by atoms with Crippen molar-refractivity contribution < 1.29 is 3.63 Å².